The summed E-state index contributed by atoms with van der Waals surface area (Å²) in [5.41, 5.74) is 7.95. The van der Waals surface area contributed by atoms with Crippen molar-refractivity contribution in [3.8, 4) is 0 Å². The Morgan fingerprint density at radius 2 is 2.15 bits per heavy atom. The van der Waals surface area contributed by atoms with Gasteiger partial charge in [0, 0.05) is 19.0 Å². The van der Waals surface area contributed by atoms with Gasteiger partial charge in [0.15, 0.2) is 0 Å². The molecule has 0 amide bonds. The molecule has 0 fully saturated rings. The van der Waals surface area contributed by atoms with Crippen molar-refractivity contribution in [2.75, 3.05) is 7.11 Å². The summed E-state index contributed by atoms with van der Waals surface area (Å²) in [6.07, 6.45) is 1.82. The SMILES string of the molecule is COC(C)C(N)c1ccc(C)nc1. The minimum atomic E-state index is -0.0990. The maximum absolute atomic E-state index is 5.93. The predicted molar refractivity (Wildman–Crippen MR) is 52.4 cm³/mol. The molecule has 0 aromatic carbocycles. The van der Waals surface area contributed by atoms with Gasteiger partial charge in [0.25, 0.3) is 0 Å². The van der Waals surface area contributed by atoms with E-state index in [1.165, 1.54) is 0 Å². The van der Waals surface area contributed by atoms with Crippen molar-refractivity contribution in [1.29, 1.82) is 0 Å². The molecule has 2 unspecified atom stereocenters. The van der Waals surface area contributed by atoms with Gasteiger partial charge < -0.3 is 10.5 Å². The largest absolute Gasteiger partial charge is 0.380 e. The number of hydrogen-bond donors (Lipinski definition) is 1. The van der Waals surface area contributed by atoms with Crippen molar-refractivity contribution in [1.82, 2.24) is 4.98 Å². The quantitative estimate of drug-likeness (QED) is 0.765. The fourth-order valence-electron chi connectivity index (χ4n) is 1.09. The molecule has 0 aliphatic heterocycles. The molecule has 2 N–H and O–H groups in total. The highest BCUT2D eigenvalue weighted by Gasteiger charge is 2.13. The van der Waals surface area contributed by atoms with E-state index >= 15 is 0 Å². The van der Waals surface area contributed by atoms with E-state index < -0.39 is 0 Å². The zero-order valence-corrected chi connectivity index (χ0v) is 8.32. The van der Waals surface area contributed by atoms with E-state index in [0.717, 1.165) is 11.3 Å². The summed E-state index contributed by atoms with van der Waals surface area (Å²) in [6, 6.07) is 3.85. The van der Waals surface area contributed by atoms with E-state index in [0.29, 0.717) is 0 Å². The van der Waals surface area contributed by atoms with Crippen LogP contribution < -0.4 is 5.73 Å². The molecule has 0 aliphatic carbocycles. The van der Waals surface area contributed by atoms with Crippen molar-refractivity contribution in [3.63, 3.8) is 0 Å². The maximum Gasteiger partial charge on any atom is 0.0736 e. The molecule has 72 valence electrons. The van der Waals surface area contributed by atoms with Crippen LogP contribution in [-0.4, -0.2) is 18.2 Å². The summed E-state index contributed by atoms with van der Waals surface area (Å²) in [6.45, 7) is 3.90. The Hall–Kier alpha value is -0.930. The summed E-state index contributed by atoms with van der Waals surface area (Å²) in [5, 5.41) is 0. The number of aryl methyl sites for hydroxylation is 1. The molecule has 1 rings (SSSR count). The van der Waals surface area contributed by atoms with Crippen molar-refractivity contribution < 1.29 is 4.74 Å². The second kappa shape index (κ2) is 4.35. The normalized spacial score (nSPS) is 15.4. The van der Waals surface area contributed by atoms with Gasteiger partial charge in [-0.25, -0.2) is 0 Å². The van der Waals surface area contributed by atoms with Crippen molar-refractivity contribution in [3.05, 3.63) is 29.6 Å². The number of pyridine rings is 1. The molecular formula is C10H16N2O. The van der Waals surface area contributed by atoms with Gasteiger partial charge in [-0.2, -0.15) is 0 Å². The molecule has 0 saturated carbocycles. The van der Waals surface area contributed by atoms with Crippen LogP contribution in [0.5, 0.6) is 0 Å². The Kier molecular flexibility index (Phi) is 3.39. The summed E-state index contributed by atoms with van der Waals surface area (Å²) in [7, 11) is 1.66. The molecule has 0 radical (unpaired) electrons. The first kappa shape index (κ1) is 10.2. The van der Waals surface area contributed by atoms with Crippen LogP contribution in [0.3, 0.4) is 0 Å². The van der Waals surface area contributed by atoms with E-state index in [2.05, 4.69) is 4.98 Å². The van der Waals surface area contributed by atoms with Crippen LogP contribution in [-0.2, 0) is 4.74 Å². The molecule has 0 aliphatic rings. The van der Waals surface area contributed by atoms with Gasteiger partial charge in [-0.1, -0.05) is 6.07 Å². The average molecular weight is 180 g/mol. The second-order valence-corrected chi connectivity index (χ2v) is 3.20. The van der Waals surface area contributed by atoms with E-state index in [-0.39, 0.29) is 12.1 Å². The van der Waals surface area contributed by atoms with Gasteiger partial charge in [0.1, 0.15) is 0 Å². The van der Waals surface area contributed by atoms with Gasteiger partial charge in [0.2, 0.25) is 0 Å². The molecule has 1 aromatic heterocycles. The Morgan fingerprint density at radius 3 is 2.62 bits per heavy atom. The monoisotopic (exact) mass is 180 g/mol. The molecule has 0 saturated heterocycles. The Balaban J connectivity index is 2.77. The first-order valence-electron chi connectivity index (χ1n) is 4.36. The molecule has 3 nitrogen and oxygen atoms in total. The number of methoxy groups -OCH3 is 1. The van der Waals surface area contributed by atoms with Crippen LogP contribution >= 0.6 is 0 Å². The second-order valence-electron chi connectivity index (χ2n) is 3.20. The van der Waals surface area contributed by atoms with E-state index in [9.17, 15) is 0 Å². The van der Waals surface area contributed by atoms with Crippen molar-refractivity contribution >= 4 is 0 Å². The molecular weight excluding hydrogens is 164 g/mol. The summed E-state index contributed by atoms with van der Waals surface area (Å²) in [4.78, 5) is 4.18. The lowest BCUT2D eigenvalue weighted by Gasteiger charge is -2.18. The lowest BCUT2D eigenvalue weighted by molar-refractivity contribution is 0.0955. The van der Waals surface area contributed by atoms with Crippen LogP contribution in [0.25, 0.3) is 0 Å². The van der Waals surface area contributed by atoms with Gasteiger partial charge in [0.05, 0.1) is 12.1 Å². The van der Waals surface area contributed by atoms with Gasteiger partial charge in [-0.3, -0.25) is 4.98 Å². The highest BCUT2D eigenvalue weighted by Crippen LogP contribution is 2.14. The topological polar surface area (TPSA) is 48.1 Å². The van der Waals surface area contributed by atoms with Crippen molar-refractivity contribution in [2.45, 2.75) is 26.0 Å². The van der Waals surface area contributed by atoms with Crippen LogP contribution in [0.4, 0.5) is 0 Å². The Labute approximate surface area is 78.9 Å². The first-order valence-corrected chi connectivity index (χ1v) is 4.36. The third kappa shape index (κ3) is 2.50. The zero-order valence-electron chi connectivity index (χ0n) is 8.32. The number of nitrogens with two attached hydrogens (primary N) is 1. The van der Waals surface area contributed by atoms with Gasteiger partial charge in [-0.15, -0.1) is 0 Å². The number of hydrogen-bond acceptors (Lipinski definition) is 3. The van der Waals surface area contributed by atoms with E-state index in [4.69, 9.17) is 10.5 Å². The van der Waals surface area contributed by atoms with Crippen LogP contribution in [0.15, 0.2) is 18.3 Å². The summed E-state index contributed by atoms with van der Waals surface area (Å²) < 4.78 is 5.14. The molecule has 0 spiro atoms. The Bertz CT molecular complexity index is 258. The minimum absolute atomic E-state index is 0.0181. The molecule has 3 heteroatoms. The summed E-state index contributed by atoms with van der Waals surface area (Å²) >= 11 is 0. The smallest absolute Gasteiger partial charge is 0.0736 e. The number of aromatic nitrogens is 1. The molecule has 13 heavy (non-hydrogen) atoms. The molecule has 0 bridgehead atoms. The molecule has 2 atom stereocenters. The number of nitrogens with zero attached hydrogens (tertiary/aromatic N) is 1. The van der Waals surface area contributed by atoms with Gasteiger partial charge >= 0.3 is 0 Å². The highest BCUT2D eigenvalue weighted by molar-refractivity contribution is 5.17. The first-order chi connectivity index (χ1) is 6.15. The lowest BCUT2D eigenvalue weighted by atomic mass is 10.1. The van der Waals surface area contributed by atoms with E-state index in [1.807, 2.05) is 26.0 Å². The number of rotatable bonds is 3. The zero-order chi connectivity index (χ0) is 9.84. The third-order valence-electron chi connectivity index (χ3n) is 2.20. The van der Waals surface area contributed by atoms with E-state index in [1.54, 1.807) is 13.3 Å². The molecule has 1 aromatic rings. The standard InChI is InChI=1S/C10H16N2O/c1-7-4-5-9(6-12-7)10(11)8(2)13-3/h4-6,8,10H,11H2,1-3H3. The van der Waals surface area contributed by atoms with Crippen LogP contribution in [0.2, 0.25) is 0 Å². The fourth-order valence-corrected chi connectivity index (χ4v) is 1.09. The third-order valence-corrected chi connectivity index (χ3v) is 2.20. The van der Waals surface area contributed by atoms with Crippen molar-refractivity contribution in [2.24, 2.45) is 5.73 Å². The molecule has 1 heterocycles. The van der Waals surface area contributed by atoms with Gasteiger partial charge in [-0.05, 0) is 25.5 Å². The predicted octanol–water partition coefficient (Wildman–Crippen LogP) is 1.42. The summed E-state index contributed by atoms with van der Waals surface area (Å²) in [5.74, 6) is 0. The minimum Gasteiger partial charge on any atom is -0.380 e. The maximum atomic E-state index is 5.93. The Morgan fingerprint density at radius 1 is 1.46 bits per heavy atom. The number of ether oxygens (including phenoxy) is 1. The fraction of sp³-hybridized carbons (Fsp3) is 0.500. The van der Waals surface area contributed by atoms with Crippen LogP contribution in [0, 0.1) is 6.92 Å². The average Bonchev–Trinajstić information content (AvgIpc) is 2.17. The highest BCUT2D eigenvalue weighted by atomic mass is 16.5. The van der Waals surface area contributed by atoms with Crippen LogP contribution in [0.1, 0.15) is 24.2 Å². The lowest BCUT2D eigenvalue weighted by Crippen LogP contribution is -2.25.